The van der Waals surface area contributed by atoms with Crippen molar-refractivity contribution in [1.82, 2.24) is 0 Å². The van der Waals surface area contributed by atoms with Gasteiger partial charge in [0.05, 0.1) is 18.0 Å². The van der Waals surface area contributed by atoms with Gasteiger partial charge in [-0.3, -0.25) is 4.58 Å². The zero-order valence-corrected chi connectivity index (χ0v) is 16.6. The number of nitrogens with two attached hydrogens (primary N) is 1. The number of hydrogen-bond acceptors (Lipinski definition) is 3. The summed E-state index contributed by atoms with van der Waals surface area (Å²) in [7, 11) is 0. The number of piperidine rings is 1. The monoisotopic (exact) mass is 378 g/mol. The van der Waals surface area contributed by atoms with Gasteiger partial charge in [-0.25, -0.2) is 0 Å². The van der Waals surface area contributed by atoms with Gasteiger partial charge < -0.3 is 23.0 Å². The van der Waals surface area contributed by atoms with Crippen LogP contribution in [0, 0.1) is 0 Å². The molecule has 1 saturated heterocycles. The highest BCUT2D eigenvalue weighted by Gasteiger charge is 2.29. The number of benzene rings is 1. The van der Waals surface area contributed by atoms with Crippen molar-refractivity contribution in [2.45, 2.75) is 33.1 Å². The van der Waals surface area contributed by atoms with Gasteiger partial charge in [0, 0.05) is 30.5 Å². The Labute approximate surface area is 161 Å². The van der Waals surface area contributed by atoms with Crippen LogP contribution in [0.25, 0.3) is 6.08 Å². The summed E-state index contributed by atoms with van der Waals surface area (Å²) in [5.74, 6) is 0.647. The average molecular weight is 379 g/mol. The number of amidine groups is 2. The summed E-state index contributed by atoms with van der Waals surface area (Å²) in [5, 5.41) is 1.07. The number of nitrogens with zero attached hydrogens (tertiary/aromatic N) is 3. The SMILES string of the molecule is CCN(CC)c1ccc(/C=C2\SC(=[N+]3CCCCC3)N=C2N)cc1.[Cl-]. The van der Waals surface area contributed by atoms with E-state index in [1.165, 1.54) is 30.5 Å². The molecule has 2 aliphatic rings. The summed E-state index contributed by atoms with van der Waals surface area (Å²) in [6.45, 7) is 8.63. The molecule has 6 heteroatoms. The van der Waals surface area contributed by atoms with E-state index in [0.717, 1.165) is 36.3 Å². The van der Waals surface area contributed by atoms with Crippen molar-refractivity contribution in [3.8, 4) is 0 Å². The highest BCUT2D eigenvalue weighted by molar-refractivity contribution is 8.18. The van der Waals surface area contributed by atoms with Crippen LogP contribution in [0.2, 0.25) is 0 Å². The molecule has 1 aromatic rings. The van der Waals surface area contributed by atoms with Crippen molar-refractivity contribution in [2.24, 2.45) is 10.7 Å². The van der Waals surface area contributed by atoms with Gasteiger partial charge in [-0.2, -0.15) is 0 Å². The molecule has 0 atom stereocenters. The first-order valence-corrected chi connectivity index (χ1v) is 9.74. The van der Waals surface area contributed by atoms with Gasteiger partial charge in [-0.15, -0.1) is 0 Å². The molecule has 0 radical (unpaired) electrons. The van der Waals surface area contributed by atoms with Crippen LogP contribution in [-0.2, 0) is 0 Å². The maximum Gasteiger partial charge on any atom is 0.362 e. The summed E-state index contributed by atoms with van der Waals surface area (Å²) in [5.41, 5.74) is 8.59. The number of thioether (sulfide) groups is 1. The van der Waals surface area contributed by atoms with Crippen molar-refractivity contribution in [3.05, 3.63) is 34.7 Å². The van der Waals surface area contributed by atoms with Crippen LogP contribution in [0.5, 0.6) is 0 Å². The van der Waals surface area contributed by atoms with Crippen molar-refractivity contribution in [3.63, 3.8) is 0 Å². The smallest absolute Gasteiger partial charge is 0.362 e. The summed E-state index contributed by atoms with van der Waals surface area (Å²) < 4.78 is 2.37. The van der Waals surface area contributed by atoms with E-state index in [0.29, 0.717) is 5.84 Å². The molecule has 0 bridgehead atoms. The minimum atomic E-state index is 0. The van der Waals surface area contributed by atoms with E-state index in [1.54, 1.807) is 11.8 Å². The number of rotatable bonds is 4. The molecule has 0 amide bonds. The lowest BCUT2D eigenvalue weighted by molar-refractivity contribution is -0.535. The van der Waals surface area contributed by atoms with E-state index in [2.05, 4.69) is 58.7 Å². The second kappa shape index (κ2) is 9.30. The van der Waals surface area contributed by atoms with Gasteiger partial charge in [0.25, 0.3) is 5.84 Å². The normalized spacial score (nSPS) is 19.0. The van der Waals surface area contributed by atoms with Gasteiger partial charge in [0.2, 0.25) is 0 Å². The first kappa shape index (κ1) is 19.9. The van der Waals surface area contributed by atoms with E-state index < -0.39 is 0 Å². The average Bonchev–Trinajstić information content (AvgIpc) is 2.99. The predicted molar refractivity (Wildman–Crippen MR) is 106 cm³/mol. The van der Waals surface area contributed by atoms with E-state index >= 15 is 0 Å². The quantitative estimate of drug-likeness (QED) is 0.777. The van der Waals surface area contributed by atoms with E-state index in [-0.39, 0.29) is 12.4 Å². The van der Waals surface area contributed by atoms with Gasteiger partial charge in [-0.1, -0.05) is 12.1 Å². The third-order valence-electron chi connectivity index (χ3n) is 4.62. The predicted octanol–water partition coefficient (Wildman–Crippen LogP) is 0.534. The molecule has 2 heterocycles. The number of hydrogen-bond donors (Lipinski definition) is 1. The van der Waals surface area contributed by atoms with Crippen molar-refractivity contribution in [1.29, 1.82) is 0 Å². The standard InChI is InChI=1S/C19H26N4S.ClH/c1-3-22(4-2)16-10-8-15(9-11-16)14-17-18(20)21-19(24-17)23-12-6-5-7-13-23;/h8-11,14,20H,3-7,12-13H2,1-2H3;1H/b17-14-;. The highest BCUT2D eigenvalue weighted by atomic mass is 35.5. The first-order valence-electron chi connectivity index (χ1n) is 8.92. The third kappa shape index (κ3) is 4.79. The summed E-state index contributed by atoms with van der Waals surface area (Å²) in [6, 6.07) is 8.68. The number of anilines is 1. The minimum absolute atomic E-state index is 0. The van der Waals surface area contributed by atoms with E-state index in [9.17, 15) is 0 Å². The molecular weight excluding hydrogens is 352 g/mol. The second-order valence-corrected chi connectivity index (χ2v) is 7.21. The largest absolute Gasteiger partial charge is 1.00 e. The molecule has 1 aromatic carbocycles. The molecule has 25 heavy (non-hydrogen) atoms. The highest BCUT2D eigenvalue weighted by Crippen LogP contribution is 2.29. The Morgan fingerprint density at radius 3 is 2.36 bits per heavy atom. The zero-order valence-electron chi connectivity index (χ0n) is 15.0. The topological polar surface area (TPSA) is 44.6 Å². The summed E-state index contributed by atoms with van der Waals surface area (Å²) >= 11 is 1.70. The maximum atomic E-state index is 6.15. The van der Waals surface area contributed by atoms with Crippen LogP contribution >= 0.6 is 11.8 Å². The van der Waals surface area contributed by atoms with Gasteiger partial charge in [-0.05, 0) is 61.9 Å². The van der Waals surface area contributed by atoms with Crippen LogP contribution < -0.4 is 23.0 Å². The lowest BCUT2D eigenvalue weighted by Gasteiger charge is -2.20. The fourth-order valence-corrected chi connectivity index (χ4v) is 4.17. The Bertz CT molecular complexity index is 667. The molecule has 0 aliphatic carbocycles. The third-order valence-corrected chi connectivity index (χ3v) is 5.69. The number of aliphatic imine (C=N–C) groups is 1. The van der Waals surface area contributed by atoms with E-state index in [1.807, 2.05) is 0 Å². The fraction of sp³-hybridized carbons (Fsp3) is 0.474. The van der Waals surface area contributed by atoms with Crippen LogP contribution in [0.1, 0.15) is 38.7 Å². The summed E-state index contributed by atoms with van der Waals surface area (Å²) in [4.78, 5) is 7.99. The first-order chi connectivity index (χ1) is 11.7. The lowest BCUT2D eigenvalue weighted by Crippen LogP contribution is -3.00. The van der Waals surface area contributed by atoms with Crippen molar-refractivity contribution < 1.29 is 17.0 Å². The fourth-order valence-electron chi connectivity index (χ4n) is 3.18. The zero-order chi connectivity index (χ0) is 16.9. The Balaban J connectivity index is 0.00000225. The molecule has 3 rings (SSSR count). The molecular formula is C19H27ClN4S. The Kier molecular flexibility index (Phi) is 7.38. The van der Waals surface area contributed by atoms with Crippen LogP contribution in [0.3, 0.4) is 0 Å². The summed E-state index contributed by atoms with van der Waals surface area (Å²) in [6.07, 6.45) is 5.98. The maximum absolute atomic E-state index is 6.15. The Morgan fingerprint density at radius 1 is 1.12 bits per heavy atom. The molecule has 0 saturated carbocycles. The molecule has 0 unspecified atom stereocenters. The van der Waals surface area contributed by atoms with Crippen LogP contribution in [0.4, 0.5) is 5.69 Å². The molecule has 1 fully saturated rings. The molecule has 0 spiro atoms. The van der Waals surface area contributed by atoms with Gasteiger partial charge in [0.1, 0.15) is 0 Å². The van der Waals surface area contributed by atoms with Crippen molar-refractivity contribution in [2.75, 3.05) is 31.1 Å². The Hall–Kier alpha value is -1.46. The minimum Gasteiger partial charge on any atom is -1.00 e. The molecule has 136 valence electrons. The molecule has 0 aromatic heterocycles. The second-order valence-electron chi connectivity index (χ2n) is 6.20. The number of halogens is 1. The van der Waals surface area contributed by atoms with E-state index in [4.69, 9.17) is 5.73 Å². The molecule has 4 nitrogen and oxygen atoms in total. The van der Waals surface area contributed by atoms with Crippen molar-refractivity contribution >= 4 is 34.5 Å². The van der Waals surface area contributed by atoms with Crippen LogP contribution in [-0.4, -0.2) is 41.8 Å². The Morgan fingerprint density at radius 2 is 1.76 bits per heavy atom. The molecule has 2 N–H and O–H groups in total. The van der Waals surface area contributed by atoms with Crippen LogP contribution in [0.15, 0.2) is 34.2 Å². The van der Waals surface area contributed by atoms with Gasteiger partial charge in [0.15, 0.2) is 0 Å². The van der Waals surface area contributed by atoms with Gasteiger partial charge >= 0.3 is 5.17 Å². The lowest BCUT2D eigenvalue weighted by atomic mass is 10.1. The molecule has 2 aliphatic heterocycles.